The lowest BCUT2D eigenvalue weighted by molar-refractivity contribution is -0.134. The normalized spacial score (nSPS) is 11.2. The number of carbonyl (C=O) groups excluding carboxylic acids is 2. The van der Waals surface area contributed by atoms with E-state index in [1.165, 1.54) is 0 Å². The molecule has 0 saturated heterocycles. The van der Waals surface area contributed by atoms with Gasteiger partial charge in [0.15, 0.2) is 5.78 Å². The third-order valence-corrected chi connectivity index (χ3v) is 7.92. The maximum Gasteiger partial charge on any atom is 0.311 e. The average Bonchev–Trinajstić information content (AvgIpc) is 3.11. The predicted octanol–water partition coefficient (Wildman–Crippen LogP) is 8.46. The summed E-state index contributed by atoms with van der Waals surface area (Å²) in [5.41, 5.74) is 2.40. The zero-order valence-electron chi connectivity index (χ0n) is 27.0. The third-order valence-electron chi connectivity index (χ3n) is 7.92. The topological polar surface area (TPSA) is 80.3 Å². The first-order chi connectivity index (χ1) is 23.2. The quantitative estimate of drug-likeness (QED) is 0.0390. The smallest absolute Gasteiger partial charge is 0.311 e. The fourth-order valence-corrected chi connectivity index (χ4v) is 5.57. The Labute approximate surface area is 276 Å². The van der Waals surface area contributed by atoms with Crippen molar-refractivity contribution >= 4 is 33.3 Å². The zero-order chi connectivity index (χ0) is 32.7. The van der Waals surface area contributed by atoms with Gasteiger partial charge in [0.05, 0.1) is 33.0 Å². The fraction of sp³-hybridized carbons (Fsp3) is 0.300. The number of Topliss-reactive ketones (excluding diaryl/α,β-unsaturated/α-hetero) is 1. The number of ether oxygens (including phenoxy) is 5. The first kappa shape index (κ1) is 33.8. The van der Waals surface area contributed by atoms with E-state index in [0.717, 1.165) is 51.1 Å². The summed E-state index contributed by atoms with van der Waals surface area (Å²) < 4.78 is 28.6. The molecule has 7 heteroatoms. The molecule has 0 radical (unpaired) electrons. The van der Waals surface area contributed by atoms with Crippen molar-refractivity contribution in [3.63, 3.8) is 0 Å². The van der Waals surface area contributed by atoms with Crippen LogP contribution >= 0.6 is 0 Å². The van der Waals surface area contributed by atoms with E-state index in [1.807, 2.05) is 84.9 Å². The molecular formula is C40H42O7. The Hall–Kier alpha value is -4.56. The Balaban J connectivity index is 1.30. The maximum atomic E-state index is 13.2. The van der Waals surface area contributed by atoms with E-state index in [2.05, 4.69) is 18.2 Å². The Morgan fingerprint density at radius 1 is 0.532 bits per heavy atom. The first-order valence-corrected chi connectivity index (χ1v) is 16.3. The monoisotopic (exact) mass is 634 g/mol. The Bertz CT molecular complexity index is 1750. The van der Waals surface area contributed by atoms with E-state index >= 15 is 0 Å². The Morgan fingerprint density at radius 2 is 1.09 bits per heavy atom. The van der Waals surface area contributed by atoms with Crippen LogP contribution in [0.3, 0.4) is 0 Å². The average molecular weight is 635 g/mol. The Morgan fingerprint density at radius 3 is 1.77 bits per heavy atom. The summed E-state index contributed by atoms with van der Waals surface area (Å²) in [5.74, 6) is 0.986. The van der Waals surface area contributed by atoms with Gasteiger partial charge in [-0.3, -0.25) is 9.59 Å². The van der Waals surface area contributed by atoms with Crippen molar-refractivity contribution in [3.8, 4) is 22.6 Å². The molecule has 0 aromatic heterocycles. The van der Waals surface area contributed by atoms with E-state index in [9.17, 15) is 9.59 Å². The van der Waals surface area contributed by atoms with Crippen LogP contribution in [0, 0.1) is 0 Å². The molecule has 7 nitrogen and oxygen atoms in total. The zero-order valence-corrected chi connectivity index (χ0v) is 27.0. The molecule has 0 aliphatic rings. The van der Waals surface area contributed by atoms with E-state index in [-0.39, 0.29) is 18.2 Å². The lowest BCUT2D eigenvalue weighted by Gasteiger charge is -2.19. The van der Waals surface area contributed by atoms with Crippen LogP contribution in [0.25, 0.3) is 32.7 Å². The molecule has 0 unspecified atom stereocenters. The molecule has 0 aliphatic heterocycles. The predicted molar refractivity (Wildman–Crippen MR) is 185 cm³/mol. The summed E-state index contributed by atoms with van der Waals surface area (Å²) in [6.07, 6.45) is 2.86. The molecule has 0 heterocycles. The molecule has 0 saturated carbocycles. The van der Waals surface area contributed by atoms with Crippen molar-refractivity contribution in [2.24, 2.45) is 0 Å². The summed E-state index contributed by atoms with van der Waals surface area (Å²) in [6, 6.07) is 33.4. The number of hydrogen-bond acceptors (Lipinski definition) is 7. The number of carbonyl (C=O) groups is 2. The van der Waals surface area contributed by atoms with Crippen LogP contribution in [-0.4, -0.2) is 58.5 Å². The number of hydrogen-bond donors (Lipinski definition) is 0. The number of methoxy groups -OCH3 is 1. The lowest BCUT2D eigenvalue weighted by atomic mass is 9.92. The number of unbranched alkanes of at least 4 members (excludes halogenated alkanes) is 2. The number of esters is 1. The number of benzene rings is 5. The molecule has 47 heavy (non-hydrogen) atoms. The maximum absolute atomic E-state index is 13.2. The molecule has 0 bridgehead atoms. The second-order valence-electron chi connectivity index (χ2n) is 11.2. The number of rotatable bonds is 19. The second-order valence-corrected chi connectivity index (χ2v) is 11.2. The van der Waals surface area contributed by atoms with Crippen molar-refractivity contribution in [2.75, 3.05) is 46.8 Å². The van der Waals surface area contributed by atoms with Crippen LogP contribution < -0.4 is 9.47 Å². The van der Waals surface area contributed by atoms with Crippen molar-refractivity contribution < 1.29 is 33.3 Å². The fourth-order valence-electron chi connectivity index (χ4n) is 5.57. The van der Waals surface area contributed by atoms with Gasteiger partial charge in [-0.15, -0.1) is 0 Å². The van der Waals surface area contributed by atoms with Crippen molar-refractivity contribution in [1.82, 2.24) is 0 Å². The molecule has 0 atom stereocenters. The van der Waals surface area contributed by atoms with Crippen LogP contribution in [0.5, 0.6) is 11.5 Å². The molecule has 244 valence electrons. The van der Waals surface area contributed by atoms with Gasteiger partial charge >= 0.3 is 5.97 Å². The molecule has 5 aromatic carbocycles. The van der Waals surface area contributed by atoms with E-state index < -0.39 is 0 Å². The highest BCUT2D eigenvalue weighted by Gasteiger charge is 2.20. The first-order valence-electron chi connectivity index (χ1n) is 16.3. The molecular weight excluding hydrogens is 592 g/mol. The summed E-state index contributed by atoms with van der Waals surface area (Å²) in [7, 11) is 1.64. The van der Waals surface area contributed by atoms with Gasteiger partial charge in [0.1, 0.15) is 18.1 Å². The van der Waals surface area contributed by atoms with Gasteiger partial charge in [0.25, 0.3) is 0 Å². The summed E-state index contributed by atoms with van der Waals surface area (Å²) in [4.78, 5) is 25.6. The molecule has 0 amide bonds. The van der Waals surface area contributed by atoms with Crippen molar-refractivity contribution in [1.29, 1.82) is 0 Å². The molecule has 5 rings (SSSR count). The summed E-state index contributed by atoms with van der Waals surface area (Å²) in [5, 5.41) is 4.03. The van der Waals surface area contributed by atoms with Crippen LogP contribution in [0.1, 0.15) is 42.5 Å². The number of ketones is 1. The minimum absolute atomic E-state index is 0.126. The highest BCUT2D eigenvalue weighted by Crippen LogP contribution is 2.45. The highest BCUT2D eigenvalue weighted by molar-refractivity contribution is 6.10. The van der Waals surface area contributed by atoms with E-state index in [1.54, 1.807) is 7.11 Å². The van der Waals surface area contributed by atoms with Gasteiger partial charge < -0.3 is 23.7 Å². The number of fused-ring (bicyclic) bond motifs is 2. The third kappa shape index (κ3) is 9.48. The lowest BCUT2D eigenvalue weighted by Crippen LogP contribution is -2.13. The van der Waals surface area contributed by atoms with Gasteiger partial charge in [-0.1, -0.05) is 97.4 Å². The van der Waals surface area contributed by atoms with Gasteiger partial charge in [-0.2, -0.15) is 0 Å². The van der Waals surface area contributed by atoms with Gasteiger partial charge in [-0.25, -0.2) is 0 Å². The minimum Gasteiger partial charge on any atom is -0.491 e. The second kappa shape index (κ2) is 18.0. The summed E-state index contributed by atoms with van der Waals surface area (Å²) in [6.45, 7) is 2.77. The SMILES string of the molecule is COCCOCCOCCOc1ccc2ccccc2c1-c1c(OC(=O)CCCCCC(=O)c2ccccc2)ccc2ccccc12. The molecule has 0 N–H and O–H groups in total. The van der Waals surface area contributed by atoms with Crippen LogP contribution in [0.15, 0.2) is 103 Å². The Kier molecular flexibility index (Phi) is 12.9. The van der Waals surface area contributed by atoms with Gasteiger partial charge in [-0.05, 0) is 46.5 Å². The molecule has 0 fully saturated rings. The van der Waals surface area contributed by atoms with Gasteiger partial charge in [0.2, 0.25) is 0 Å². The largest absolute Gasteiger partial charge is 0.491 e. The van der Waals surface area contributed by atoms with Crippen LogP contribution in [-0.2, 0) is 19.0 Å². The minimum atomic E-state index is -0.306. The van der Waals surface area contributed by atoms with E-state index in [4.69, 9.17) is 23.7 Å². The van der Waals surface area contributed by atoms with E-state index in [0.29, 0.717) is 64.0 Å². The highest BCUT2D eigenvalue weighted by atomic mass is 16.6. The standard InChI is InChI=1S/C40H42O7/c1-43-24-25-44-26-27-45-28-29-46-36-22-20-30-12-8-10-16-33(30)39(36)40-34-17-11-9-13-31(34)21-23-37(40)47-38(42)19-7-3-6-18-35(41)32-14-4-2-5-15-32/h2,4-5,8-17,20-23H,3,6-7,18-19,24-29H2,1H3. The summed E-state index contributed by atoms with van der Waals surface area (Å²) >= 11 is 0. The van der Waals surface area contributed by atoms with Crippen LogP contribution in [0.4, 0.5) is 0 Å². The molecule has 0 spiro atoms. The van der Waals surface area contributed by atoms with Crippen LogP contribution in [0.2, 0.25) is 0 Å². The van der Waals surface area contributed by atoms with Gasteiger partial charge in [0, 0.05) is 36.6 Å². The molecule has 0 aliphatic carbocycles. The molecule has 5 aromatic rings. The van der Waals surface area contributed by atoms with Crippen molar-refractivity contribution in [3.05, 3.63) is 109 Å². The van der Waals surface area contributed by atoms with Crippen molar-refractivity contribution in [2.45, 2.75) is 32.1 Å².